The summed E-state index contributed by atoms with van der Waals surface area (Å²) in [6.07, 6.45) is 3.18. The monoisotopic (exact) mass is 123 g/mol. The van der Waals surface area contributed by atoms with E-state index in [1.54, 1.807) is 6.20 Å². The largest absolute Gasteiger partial charge is 0.323 e. The first-order chi connectivity index (χ1) is 4.30. The number of hydrogen-bond donors (Lipinski definition) is 1. The number of nitrogens with two attached hydrogens (primary N) is 1. The molecule has 1 aromatic heterocycles. The summed E-state index contributed by atoms with van der Waals surface area (Å²) in [6, 6.07) is 1.82. The van der Waals surface area contributed by atoms with Crippen molar-refractivity contribution in [3.8, 4) is 0 Å². The van der Waals surface area contributed by atoms with Crippen LogP contribution in [0.3, 0.4) is 0 Å². The number of hydrogen-bond acceptors (Lipinski definition) is 3. The molecule has 0 aromatic carbocycles. The molecule has 1 aromatic rings. The van der Waals surface area contributed by atoms with Crippen molar-refractivity contribution in [2.75, 3.05) is 0 Å². The van der Waals surface area contributed by atoms with Crippen molar-refractivity contribution in [2.45, 2.75) is 13.0 Å². The molecule has 0 unspecified atom stereocenters. The van der Waals surface area contributed by atoms with E-state index in [9.17, 15) is 0 Å². The van der Waals surface area contributed by atoms with Crippen LogP contribution in [0.15, 0.2) is 18.6 Å². The molecule has 3 heteroatoms. The fourth-order valence-electron chi connectivity index (χ4n) is 0.570. The van der Waals surface area contributed by atoms with Gasteiger partial charge in [-0.05, 0) is 13.0 Å². The molecular formula is C6H9N3. The number of rotatable bonds is 1. The molecular weight excluding hydrogens is 114 g/mol. The van der Waals surface area contributed by atoms with Crippen LogP contribution >= 0.6 is 0 Å². The summed E-state index contributed by atoms with van der Waals surface area (Å²) in [5, 5.41) is 0. The van der Waals surface area contributed by atoms with Crippen molar-refractivity contribution in [1.29, 1.82) is 0 Å². The maximum atomic E-state index is 5.52. The summed E-state index contributed by atoms with van der Waals surface area (Å²) in [6.45, 7) is 1.89. The van der Waals surface area contributed by atoms with Gasteiger partial charge in [0.05, 0.1) is 5.69 Å². The van der Waals surface area contributed by atoms with Gasteiger partial charge in [-0.25, -0.2) is 9.97 Å². The van der Waals surface area contributed by atoms with Crippen molar-refractivity contribution in [3.05, 3.63) is 24.3 Å². The molecule has 2 N–H and O–H groups in total. The minimum absolute atomic E-state index is 0.00741. The Morgan fingerprint density at radius 1 is 1.67 bits per heavy atom. The average molecular weight is 123 g/mol. The van der Waals surface area contributed by atoms with Crippen LogP contribution in [-0.2, 0) is 0 Å². The van der Waals surface area contributed by atoms with E-state index in [2.05, 4.69) is 9.97 Å². The van der Waals surface area contributed by atoms with Crippen LogP contribution in [0, 0.1) is 0 Å². The fourth-order valence-corrected chi connectivity index (χ4v) is 0.570. The predicted molar refractivity (Wildman–Crippen MR) is 34.6 cm³/mol. The highest BCUT2D eigenvalue weighted by Crippen LogP contribution is 2.00. The molecule has 0 radical (unpaired) electrons. The highest BCUT2D eigenvalue weighted by atomic mass is 14.8. The summed E-state index contributed by atoms with van der Waals surface area (Å²) < 4.78 is 0. The van der Waals surface area contributed by atoms with Gasteiger partial charge in [-0.15, -0.1) is 0 Å². The Labute approximate surface area is 53.9 Å². The highest BCUT2D eigenvalue weighted by molar-refractivity contribution is 5.01. The van der Waals surface area contributed by atoms with Crippen molar-refractivity contribution in [1.82, 2.24) is 9.97 Å². The maximum Gasteiger partial charge on any atom is 0.115 e. The zero-order valence-corrected chi connectivity index (χ0v) is 5.28. The SMILES string of the molecule is C[C@@H](N)c1ccncn1. The second kappa shape index (κ2) is 2.55. The number of nitrogens with zero attached hydrogens (tertiary/aromatic N) is 2. The molecule has 0 aliphatic rings. The van der Waals surface area contributed by atoms with Crippen LogP contribution in [0.25, 0.3) is 0 Å². The first-order valence-electron chi connectivity index (χ1n) is 2.82. The third kappa shape index (κ3) is 1.47. The standard InChI is InChI=1S/C6H9N3/c1-5(7)6-2-3-8-4-9-6/h2-5H,7H2,1H3/t5-/m1/s1. The van der Waals surface area contributed by atoms with Crippen molar-refractivity contribution >= 4 is 0 Å². The molecule has 9 heavy (non-hydrogen) atoms. The van der Waals surface area contributed by atoms with Gasteiger partial charge in [0.15, 0.2) is 0 Å². The van der Waals surface area contributed by atoms with Gasteiger partial charge >= 0.3 is 0 Å². The van der Waals surface area contributed by atoms with E-state index in [-0.39, 0.29) is 6.04 Å². The lowest BCUT2D eigenvalue weighted by molar-refractivity contribution is 0.774. The van der Waals surface area contributed by atoms with Crippen LogP contribution < -0.4 is 5.73 Å². The lowest BCUT2D eigenvalue weighted by Crippen LogP contribution is -2.06. The maximum absolute atomic E-state index is 5.52. The quantitative estimate of drug-likeness (QED) is 0.591. The van der Waals surface area contributed by atoms with E-state index in [1.807, 2.05) is 13.0 Å². The van der Waals surface area contributed by atoms with E-state index in [1.165, 1.54) is 6.33 Å². The van der Waals surface area contributed by atoms with Crippen molar-refractivity contribution in [3.63, 3.8) is 0 Å². The molecule has 0 fully saturated rings. The minimum atomic E-state index is 0.00741. The molecule has 0 amide bonds. The van der Waals surface area contributed by atoms with E-state index < -0.39 is 0 Å². The molecule has 0 aliphatic carbocycles. The van der Waals surface area contributed by atoms with Gasteiger partial charge in [0.2, 0.25) is 0 Å². The van der Waals surface area contributed by atoms with Gasteiger partial charge in [0.1, 0.15) is 6.33 Å². The second-order valence-electron chi connectivity index (χ2n) is 1.92. The Kier molecular flexibility index (Phi) is 1.75. The molecule has 0 spiro atoms. The molecule has 1 heterocycles. The molecule has 3 nitrogen and oxygen atoms in total. The first kappa shape index (κ1) is 6.16. The second-order valence-corrected chi connectivity index (χ2v) is 1.92. The fraction of sp³-hybridized carbons (Fsp3) is 0.333. The molecule has 0 aliphatic heterocycles. The van der Waals surface area contributed by atoms with Crippen LogP contribution in [0.5, 0.6) is 0 Å². The molecule has 0 saturated carbocycles. The third-order valence-electron chi connectivity index (χ3n) is 1.07. The Hall–Kier alpha value is -0.960. The van der Waals surface area contributed by atoms with Crippen molar-refractivity contribution < 1.29 is 0 Å². The molecule has 0 bridgehead atoms. The van der Waals surface area contributed by atoms with E-state index in [0.29, 0.717) is 0 Å². The molecule has 1 rings (SSSR count). The van der Waals surface area contributed by atoms with Gasteiger partial charge in [-0.3, -0.25) is 0 Å². The Bertz CT molecular complexity index is 171. The Morgan fingerprint density at radius 2 is 2.44 bits per heavy atom. The molecule has 1 atom stereocenters. The van der Waals surface area contributed by atoms with Gasteiger partial charge in [-0.1, -0.05) is 0 Å². The van der Waals surface area contributed by atoms with E-state index in [0.717, 1.165) is 5.69 Å². The normalized spacial score (nSPS) is 13.1. The van der Waals surface area contributed by atoms with Crippen LogP contribution in [0.4, 0.5) is 0 Å². The summed E-state index contributed by atoms with van der Waals surface area (Å²) >= 11 is 0. The van der Waals surface area contributed by atoms with Gasteiger partial charge < -0.3 is 5.73 Å². The van der Waals surface area contributed by atoms with Gasteiger partial charge in [0.25, 0.3) is 0 Å². The first-order valence-corrected chi connectivity index (χ1v) is 2.82. The predicted octanol–water partition coefficient (Wildman–Crippen LogP) is 0.496. The zero-order chi connectivity index (χ0) is 6.69. The zero-order valence-electron chi connectivity index (χ0n) is 5.28. The molecule has 48 valence electrons. The van der Waals surface area contributed by atoms with Gasteiger partial charge in [-0.2, -0.15) is 0 Å². The Morgan fingerprint density at radius 3 is 2.78 bits per heavy atom. The van der Waals surface area contributed by atoms with Crippen molar-refractivity contribution in [2.24, 2.45) is 5.73 Å². The third-order valence-corrected chi connectivity index (χ3v) is 1.07. The van der Waals surface area contributed by atoms with Crippen LogP contribution in [0.1, 0.15) is 18.7 Å². The van der Waals surface area contributed by atoms with E-state index >= 15 is 0 Å². The summed E-state index contributed by atoms with van der Waals surface area (Å²) in [5.74, 6) is 0. The van der Waals surface area contributed by atoms with Crippen LogP contribution in [0.2, 0.25) is 0 Å². The topological polar surface area (TPSA) is 51.8 Å². The summed E-state index contributed by atoms with van der Waals surface area (Å²) in [5.41, 5.74) is 6.40. The number of aromatic nitrogens is 2. The molecule has 0 saturated heterocycles. The van der Waals surface area contributed by atoms with Gasteiger partial charge in [0, 0.05) is 12.2 Å². The van der Waals surface area contributed by atoms with E-state index in [4.69, 9.17) is 5.73 Å². The Balaban J connectivity index is 2.85. The lowest BCUT2D eigenvalue weighted by Gasteiger charge is -2.00. The van der Waals surface area contributed by atoms with Crippen LogP contribution in [-0.4, -0.2) is 9.97 Å². The lowest BCUT2D eigenvalue weighted by atomic mass is 10.2. The summed E-state index contributed by atoms with van der Waals surface area (Å²) in [4.78, 5) is 7.70. The summed E-state index contributed by atoms with van der Waals surface area (Å²) in [7, 11) is 0. The minimum Gasteiger partial charge on any atom is -0.323 e. The smallest absolute Gasteiger partial charge is 0.115 e. The average Bonchev–Trinajstić information content (AvgIpc) is 1.90. The highest BCUT2D eigenvalue weighted by Gasteiger charge is 1.96.